The van der Waals surface area contributed by atoms with Crippen LogP contribution in [-0.4, -0.2) is 49.0 Å². The number of benzene rings is 1. The van der Waals surface area contributed by atoms with E-state index in [-0.39, 0.29) is 11.5 Å². The summed E-state index contributed by atoms with van der Waals surface area (Å²) in [5, 5.41) is 10.1. The highest BCUT2D eigenvalue weighted by Gasteiger charge is 2.48. The molecule has 3 aliphatic rings. The van der Waals surface area contributed by atoms with Crippen molar-refractivity contribution in [3.05, 3.63) is 35.9 Å². The van der Waals surface area contributed by atoms with Gasteiger partial charge >= 0.3 is 0 Å². The van der Waals surface area contributed by atoms with Gasteiger partial charge in [0.15, 0.2) is 11.5 Å². The van der Waals surface area contributed by atoms with Crippen molar-refractivity contribution in [2.24, 2.45) is 5.92 Å². The molecule has 3 atom stereocenters. The average molecular weight is 372 g/mol. The smallest absolute Gasteiger partial charge is 0.161 e. The maximum atomic E-state index is 10.1. The summed E-state index contributed by atoms with van der Waals surface area (Å²) in [4.78, 5) is 2.39. The number of likely N-dealkylation sites (tertiary alicyclic amines) is 1. The largest absolute Gasteiger partial charge is 0.490 e. The van der Waals surface area contributed by atoms with E-state index >= 15 is 0 Å². The van der Waals surface area contributed by atoms with E-state index in [2.05, 4.69) is 43.1 Å². The standard InChI is InChI=1S/C23H33NO3/c1-3-4-13-26-21-14-18(7-8-20(21)27-16-17-5-6-17)23-10-9-19(25)15-22(23)24(2)12-11-23/h7-10,14,17,19,22,25H,3-6,11-13,15-16H2,1-2H3/t19-,22-,23-/m0/s1. The first-order chi connectivity index (χ1) is 13.1. The average Bonchev–Trinajstić information content (AvgIpc) is 3.45. The quantitative estimate of drug-likeness (QED) is 0.556. The summed E-state index contributed by atoms with van der Waals surface area (Å²) in [6.45, 7) is 4.75. The number of likely N-dealkylation sites (N-methyl/N-ethyl adjacent to an activating group) is 1. The molecule has 1 N–H and O–H groups in total. The second-order valence-electron chi connectivity index (χ2n) is 8.57. The number of nitrogens with zero attached hydrogens (tertiary/aromatic N) is 1. The predicted octanol–water partition coefficient (Wildman–Crippen LogP) is 3.92. The summed E-state index contributed by atoms with van der Waals surface area (Å²) >= 11 is 0. The lowest BCUT2D eigenvalue weighted by atomic mass is 9.69. The van der Waals surface area contributed by atoms with Crippen molar-refractivity contribution < 1.29 is 14.6 Å². The molecule has 4 rings (SSSR count). The normalized spacial score (nSPS) is 30.3. The van der Waals surface area contributed by atoms with Crippen LogP contribution in [0.1, 0.15) is 51.0 Å². The molecule has 1 aromatic rings. The summed E-state index contributed by atoms with van der Waals surface area (Å²) in [7, 11) is 2.17. The van der Waals surface area contributed by atoms with Crippen LogP contribution in [-0.2, 0) is 5.41 Å². The number of rotatable bonds is 8. The van der Waals surface area contributed by atoms with Crippen LogP contribution >= 0.6 is 0 Å². The molecule has 0 unspecified atom stereocenters. The first kappa shape index (κ1) is 18.8. The molecule has 1 heterocycles. The van der Waals surface area contributed by atoms with Crippen LogP contribution < -0.4 is 9.47 Å². The van der Waals surface area contributed by atoms with Crippen LogP contribution in [0, 0.1) is 5.92 Å². The van der Waals surface area contributed by atoms with Crippen LogP contribution in [0.4, 0.5) is 0 Å². The Morgan fingerprint density at radius 1 is 1.22 bits per heavy atom. The molecule has 0 amide bonds. The van der Waals surface area contributed by atoms with E-state index in [4.69, 9.17) is 9.47 Å². The summed E-state index contributed by atoms with van der Waals surface area (Å²) < 4.78 is 12.2. The molecule has 27 heavy (non-hydrogen) atoms. The lowest BCUT2D eigenvalue weighted by molar-refractivity contribution is 0.137. The van der Waals surface area contributed by atoms with Crippen LogP contribution in [0.5, 0.6) is 11.5 Å². The topological polar surface area (TPSA) is 41.9 Å². The summed E-state index contributed by atoms with van der Waals surface area (Å²) in [5.74, 6) is 2.48. The van der Waals surface area contributed by atoms with Gasteiger partial charge < -0.3 is 19.5 Å². The van der Waals surface area contributed by atoms with Gasteiger partial charge in [0.25, 0.3) is 0 Å². The third kappa shape index (κ3) is 3.88. The van der Waals surface area contributed by atoms with Gasteiger partial charge in [-0.1, -0.05) is 31.6 Å². The van der Waals surface area contributed by atoms with Crippen LogP contribution in [0.3, 0.4) is 0 Å². The van der Waals surface area contributed by atoms with E-state index in [0.29, 0.717) is 6.04 Å². The van der Waals surface area contributed by atoms with Crippen molar-refractivity contribution in [3.8, 4) is 11.5 Å². The number of hydrogen-bond donors (Lipinski definition) is 1. The molecule has 0 aromatic heterocycles. The van der Waals surface area contributed by atoms with Crippen LogP contribution in [0.15, 0.2) is 30.4 Å². The number of unbranched alkanes of at least 4 members (excludes halogenated alkanes) is 1. The molecule has 0 radical (unpaired) electrons. The Balaban J connectivity index is 1.63. The molecule has 4 heteroatoms. The first-order valence-corrected chi connectivity index (χ1v) is 10.6. The SMILES string of the molecule is CCCCOc1cc([C@@]23C=C[C@H](O)C[C@@H]2N(C)CC3)ccc1OCC1CC1. The maximum Gasteiger partial charge on any atom is 0.161 e. The molecule has 4 nitrogen and oxygen atoms in total. The minimum absolute atomic E-state index is 0.0358. The van der Waals surface area contributed by atoms with Crippen molar-refractivity contribution in [1.82, 2.24) is 4.90 Å². The molecule has 2 aliphatic carbocycles. The molecule has 2 fully saturated rings. The second-order valence-corrected chi connectivity index (χ2v) is 8.57. The third-order valence-corrected chi connectivity index (χ3v) is 6.49. The Kier molecular flexibility index (Phi) is 5.47. The van der Waals surface area contributed by atoms with Crippen molar-refractivity contribution in [1.29, 1.82) is 0 Å². The van der Waals surface area contributed by atoms with Gasteiger partial charge in [0.1, 0.15) is 0 Å². The molecule has 1 aliphatic heterocycles. The summed E-state index contributed by atoms with van der Waals surface area (Å²) in [6, 6.07) is 6.84. The van der Waals surface area contributed by atoms with E-state index in [1.54, 1.807) is 0 Å². The maximum absolute atomic E-state index is 10.1. The molecule has 1 saturated heterocycles. The van der Waals surface area contributed by atoms with Crippen molar-refractivity contribution in [2.75, 3.05) is 26.8 Å². The Bertz CT molecular complexity index is 684. The lowest BCUT2D eigenvalue weighted by Crippen LogP contribution is -2.44. The zero-order valence-electron chi connectivity index (χ0n) is 16.7. The fourth-order valence-corrected chi connectivity index (χ4v) is 4.53. The highest BCUT2D eigenvalue weighted by molar-refractivity contribution is 5.49. The van der Waals surface area contributed by atoms with Gasteiger partial charge in [-0.15, -0.1) is 0 Å². The molecular formula is C23H33NO3. The third-order valence-electron chi connectivity index (χ3n) is 6.49. The van der Waals surface area contributed by atoms with Crippen molar-refractivity contribution >= 4 is 0 Å². The van der Waals surface area contributed by atoms with Gasteiger partial charge in [-0.2, -0.15) is 0 Å². The highest BCUT2D eigenvalue weighted by atomic mass is 16.5. The van der Waals surface area contributed by atoms with Crippen molar-refractivity contribution in [3.63, 3.8) is 0 Å². The fraction of sp³-hybridized carbons (Fsp3) is 0.652. The number of ether oxygens (including phenoxy) is 2. The van der Waals surface area contributed by atoms with E-state index in [0.717, 1.165) is 62.9 Å². The Hall–Kier alpha value is -1.52. The van der Waals surface area contributed by atoms with Gasteiger partial charge in [0.05, 0.1) is 19.3 Å². The molecule has 1 aromatic carbocycles. The lowest BCUT2D eigenvalue weighted by Gasteiger charge is -2.39. The molecule has 1 saturated carbocycles. The van der Waals surface area contributed by atoms with E-state index in [1.807, 2.05) is 6.08 Å². The van der Waals surface area contributed by atoms with Crippen LogP contribution in [0.25, 0.3) is 0 Å². The van der Waals surface area contributed by atoms with Gasteiger partial charge in [0, 0.05) is 11.5 Å². The first-order valence-electron chi connectivity index (χ1n) is 10.6. The second kappa shape index (κ2) is 7.84. The zero-order chi connectivity index (χ0) is 18.9. The van der Waals surface area contributed by atoms with Crippen LogP contribution in [0.2, 0.25) is 0 Å². The highest BCUT2D eigenvalue weighted by Crippen LogP contribution is 2.47. The number of aliphatic hydroxyl groups excluding tert-OH is 1. The molecule has 0 spiro atoms. The Labute approximate surface area is 163 Å². The molecule has 0 bridgehead atoms. The van der Waals surface area contributed by atoms with E-state index in [9.17, 15) is 5.11 Å². The number of aliphatic hydroxyl groups is 1. The van der Waals surface area contributed by atoms with Gasteiger partial charge in [0.2, 0.25) is 0 Å². The zero-order valence-corrected chi connectivity index (χ0v) is 16.7. The predicted molar refractivity (Wildman–Crippen MR) is 108 cm³/mol. The van der Waals surface area contributed by atoms with Gasteiger partial charge in [-0.05, 0) is 69.3 Å². The molecule has 148 valence electrons. The van der Waals surface area contributed by atoms with Gasteiger partial charge in [-0.3, -0.25) is 0 Å². The molecular weight excluding hydrogens is 338 g/mol. The minimum Gasteiger partial charge on any atom is -0.490 e. The monoisotopic (exact) mass is 371 g/mol. The van der Waals surface area contributed by atoms with E-state index in [1.165, 1.54) is 18.4 Å². The number of fused-ring (bicyclic) bond motifs is 1. The summed E-state index contributed by atoms with van der Waals surface area (Å²) in [6.07, 6.45) is 10.5. The Morgan fingerprint density at radius 2 is 2.07 bits per heavy atom. The minimum atomic E-state index is -0.343. The summed E-state index contributed by atoms with van der Waals surface area (Å²) in [5.41, 5.74) is 1.25. The van der Waals surface area contributed by atoms with Gasteiger partial charge in [-0.25, -0.2) is 0 Å². The fourth-order valence-electron chi connectivity index (χ4n) is 4.53. The van der Waals surface area contributed by atoms with E-state index < -0.39 is 0 Å². The number of hydrogen-bond acceptors (Lipinski definition) is 4. The Morgan fingerprint density at radius 3 is 2.85 bits per heavy atom. The van der Waals surface area contributed by atoms with Crippen molar-refractivity contribution in [2.45, 2.75) is 63.0 Å².